The first-order valence-corrected chi connectivity index (χ1v) is 9.36. The van der Waals surface area contributed by atoms with E-state index < -0.39 is 41.6 Å². The van der Waals surface area contributed by atoms with Crippen molar-refractivity contribution in [2.75, 3.05) is 6.54 Å². The first-order valence-electron chi connectivity index (χ1n) is 9.36. The van der Waals surface area contributed by atoms with Crippen LogP contribution in [0.4, 0.5) is 22.0 Å². The minimum absolute atomic E-state index is 0.0715. The highest BCUT2D eigenvalue weighted by Gasteiger charge is 2.40. The number of H-pyrrole nitrogens is 1. The van der Waals surface area contributed by atoms with Gasteiger partial charge in [0.15, 0.2) is 12.1 Å². The smallest absolute Gasteiger partial charge is 0.418 e. The number of imidazole rings is 1. The molecule has 1 amide bonds. The van der Waals surface area contributed by atoms with Crippen LogP contribution in [0.3, 0.4) is 0 Å². The number of oxazole rings is 1. The van der Waals surface area contributed by atoms with E-state index in [2.05, 4.69) is 20.1 Å². The van der Waals surface area contributed by atoms with Crippen molar-refractivity contribution >= 4 is 11.4 Å². The van der Waals surface area contributed by atoms with Crippen LogP contribution in [-0.4, -0.2) is 41.9 Å². The number of carbonyl (C=O) groups excluding carboxylic acids is 1. The van der Waals surface area contributed by atoms with Crippen molar-refractivity contribution < 1.29 is 31.2 Å². The Morgan fingerprint density at radius 3 is 2.84 bits per heavy atom. The van der Waals surface area contributed by atoms with Crippen LogP contribution in [0.5, 0.6) is 0 Å². The minimum atomic E-state index is -4.62. The molecule has 1 N–H and O–H groups in total. The van der Waals surface area contributed by atoms with Gasteiger partial charge in [-0.15, -0.1) is 0 Å². The third-order valence-corrected chi connectivity index (χ3v) is 5.29. The number of pyridine rings is 1. The summed E-state index contributed by atoms with van der Waals surface area (Å²) in [5, 5.41) is 4.24. The lowest BCUT2D eigenvalue weighted by Crippen LogP contribution is -2.41. The topological polar surface area (TPSA) is 92.3 Å². The molecule has 0 spiro atoms. The van der Waals surface area contributed by atoms with Crippen molar-refractivity contribution in [1.82, 2.24) is 29.5 Å². The average Bonchev–Trinajstić information content (AvgIpc) is 3.49. The van der Waals surface area contributed by atoms with Crippen molar-refractivity contribution in [2.45, 2.75) is 25.1 Å². The molecule has 1 atom stereocenters. The van der Waals surface area contributed by atoms with Gasteiger partial charge in [-0.25, -0.2) is 23.3 Å². The van der Waals surface area contributed by atoms with Crippen LogP contribution in [0.15, 0.2) is 41.5 Å². The highest BCUT2D eigenvalue weighted by molar-refractivity contribution is 5.93. The van der Waals surface area contributed by atoms with E-state index in [4.69, 9.17) is 4.42 Å². The number of fused-ring (bicyclic) bond motifs is 2. The van der Waals surface area contributed by atoms with E-state index in [0.717, 1.165) is 17.0 Å². The second-order valence-electron chi connectivity index (χ2n) is 7.10. The molecule has 1 aliphatic heterocycles. The number of amides is 1. The quantitative estimate of drug-likeness (QED) is 0.478. The fraction of sp³-hybridized carbons (Fsp3) is 0.263. The predicted octanol–water partition coefficient (Wildman–Crippen LogP) is 3.79. The Bertz CT molecular complexity index is 1310. The van der Waals surface area contributed by atoms with Crippen molar-refractivity contribution in [3.8, 4) is 0 Å². The second-order valence-corrected chi connectivity index (χ2v) is 7.10. The zero-order valence-electron chi connectivity index (χ0n) is 16.0. The SMILES string of the molecule is O=C(c1ocnc1C(F)F)N1CCc2[nH]cnc2[C@@H]1c1cc2c(C(F)(F)F)cccn2n1. The first kappa shape index (κ1) is 20.2. The van der Waals surface area contributed by atoms with Gasteiger partial charge in [0.2, 0.25) is 5.76 Å². The number of carbonyl (C=O) groups is 1. The maximum absolute atomic E-state index is 13.5. The van der Waals surface area contributed by atoms with Gasteiger partial charge in [-0.2, -0.15) is 18.3 Å². The average molecular weight is 452 g/mol. The Morgan fingerprint density at radius 1 is 1.28 bits per heavy atom. The lowest BCUT2D eigenvalue weighted by atomic mass is 9.99. The number of halogens is 5. The van der Waals surface area contributed by atoms with Crippen molar-refractivity contribution in [3.63, 3.8) is 0 Å². The molecule has 32 heavy (non-hydrogen) atoms. The minimum Gasteiger partial charge on any atom is -0.438 e. The molecule has 1 aliphatic rings. The summed E-state index contributed by atoms with van der Waals surface area (Å²) in [4.78, 5) is 24.9. The predicted molar refractivity (Wildman–Crippen MR) is 96.8 cm³/mol. The monoisotopic (exact) mass is 452 g/mol. The highest BCUT2D eigenvalue weighted by Crippen LogP contribution is 2.38. The summed E-state index contributed by atoms with van der Waals surface area (Å²) >= 11 is 0. The van der Waals surface area contributed by atoms with E-state index in [9.17, 15) is 26.7 Å². The molecule has 0 radical (unpaired) electrons. The largest absolute Gasteiger partial charge is 0.438 e. The molecule has 0 saturated carbocycles. The maximum Gasteiger partial charge on any atom is 0.418 e. The summed E-state index contributed by atoms with van der Waals surface area (Å²) in [5.74, 6) is -1.52. The highest BCUT2D eigenvalue weighted by atomic mass is 19.4. The van der Waals surface area contributed by atoms with Crippen LogP contribution in [0.2, 0.25) is 0 Å². The molecule has 0 saturated heterocycles. The zero-order chi connectivity index (χ0) is 22.6. The summed E-state index contributed by atoms with van der Waals surface area (Å²) in [6.07, 6.45) is -3.85. The molecule has 0 bridgehead atoms. The van der Waals surface area contributed by atoms with Gasteiger partial charge in [0.05, 0.1) is 28.8 Å². The van der Waals surface area contributed by atoms with Crippen molar-refractivity contribution in [1.29, 1.82) is 0 Å². The standard InChI is InChI=1S/C19H13F5N6O2/c20-17(21)14-16(32-8-27-14)18(31)29-5-3-10-13(26-7-25-10)15(29)11-6-12-9(19(22,23)24)2-1-4-30(12)28-11/h1-2,4,6-8,15,17H,3,5H2,(H,25,26)/t15-/m0/s1. The van der Waals surface area contributed by atoms with Crippen LogP contribution in [-0.2, 0) is 12.6 Å². The van der Waals surface area contributed by atoms with Gasteiger partial charge in [-0.3, -0.25) is 4.79 Å². The summed E-state index contributed by atoms with van der Waals surface area (Å²) in [7, 11) is 0. The molecule has 4 aromatic heterocycles. The van der Waals surface area contributed by atoms with Crippen molar-refractivity contribution in [3.05, 3.63) is 71.2 Å². The number of nitrogens with zero attached hydrogens (tertiary/aromatic N) is 5. The van der Waals surface area contributed by atoms with Crippen LogP contribution in [0, 0.1) is 0 Å². The van der Waals surface area contributed by atoms with Crippen LogP contribution in [0.25, 0.3) is 5.52 Å². The number of hydrogen-bond donors (Lipinski definition) is 1. The molecule has 4 aromatic rings. The van der Waals surface area contributed by atoms with Gasteiger partial charge < -0.3 is 14.3 Å². The van der Waals surface area contributed by atoms with E-state index in [1.807, 2.05) is 0 Å². The maximum atomic E-state index is 13.5. The van der Waals surface area contributed by atoms with Crippen molar-refractivity contribution in [2.24, 2.45) is 0 Å². The van der Waals surface area contributed by atoms with E-state index in [1.165, 1.54) is 29.6 Å². The molecule has 166 valence electrons. The van der Waals surface area contributed by atoms with Gasteiger partial charge in [-0.05, 0) is 18.2 Å². The number of rotatable bonds is 3. The Morgan fingerprint density at radius 2 is 2.09 bits per heavy atom. The van der Waals surface area contributed by atoms with Gasteiger partial charge in [0.25, 0.3) is 12.3 Å². The number of hydrogen-bond acceptors (Lipinski definition) is 5. The third kappa shape index (κ3) is 3.11. The molecular weight excluding hydrogens is 439 g/mol. The molecule has 0 aliphatic carbocycles. The number of aromatic amines is 1. The molecule has 13 heteroatoms. The lowest BCUT2D eigenvalue weighted by Gasteiger charge is -2.33. The van der Waals surface area contributed by atoms with E-state index in [-0.39, 0.29) is 17.8 Å². The van der Waals surface area contributed by atoms with Crippen LogP contribution >= 0.6 is 0 Å². The molecule has 8 nitrogen and oxygen atoms in total. The van der Waals surface area contributed by atoms with Crippen LogP contribution in [0.1, 0.15) is 51.4 Å². The molecule has 0 aromatic carbocycles. The Balaban J connectivity index is 1.64. The van der Waals surface area contributed by atoms with E-state index in [0.29, 0.717) is 17.8 Å². The normalized spacial score (nSPS) is 16.7. The van der Waals surface area contributed by atoms with Crippen LogP contribution < -0.4 is 0 Å². The molecule has 0 unspecified atom stereocenters. The molecule has 5 rings (SSSR count). The van der Waals surface area contributed by atoms with Gasteiger partial charge >= 0.3 is 6.18 Å². The third-order valence-electron chi connectivity index (χ3n) is 5.29. The fourth-order valence-corrected chi connectivity index (χ4v) is 3.90. The van der Waals surface area contributed by atoms with E-state index >= 15 is 0 Å². The summed E-state index contributed by atoms with van der Waals surface area (Å²) in [5.41, 5.74) is -0.793. The molecule has 0 fully saturated rings. The van der Waals surface area contributed by atoms with Gasteiger partial charge in [0, 0.05) is 24.9 Å². The number of aromatic nitrogens is 5. The number of nitrogens with one attached hydrogen (secondary N) is 1. The molecule has 5 heterocycles. The molecular formula is C19H13F5N6O2. The Labute approximate surface area is 175 Å². The fourth-order valence-electron chi connectivity index (χ4n) is 3.90. The summed E-state index contributed by atoms with van der Waals surface area (Å²) < 4.78 is 72.9. The summed E-state index contributed by atoms with van der Waals surface area (Å²) in [6, 6.07) is 2.33. The first-order chi connectivity index (χ1) is 15.3. The second kappa shape index (κ2) is 7.14. The van der Waals surface area contributed by atoms with E-state index in [1.54, 1.807) is 0 Å². The Hall–Kier alpha value is -3.77. The number of alkyl halides is 5. The van der Waals surface area contributed by atoms with Gasteiger partial charge in [0.1, 0.15) is 6.04 Å². The van der Waals surface area contributed by atoms with Gasteiger partial charge in [-0.1, -0.05) is 0 Å². The zero-order valence-corrected chi connectivity index (χ0v) is 16.0. The lowest BCUT2D eigenvalue weighted by molar-refractivity contribution is -0.136. The summed E-state index contributed by atoms with van der Waals surface area (Å²) in [6.45, 7) is 0.0715. The Kier molecular flexibility index (Phi) is 4.50.